The fourth-order valence-electron chi connectivity index (χ4n) is 3.29. The molecule has 154 valence electrons. The topological polar surface area (TPSA) is 71.5 Å². The Labute approximate surface area is 170 Å². The van der Waals surface area contributed by atoms with E-state index in [0.29, 0.717) is 56.9 Å². The van der Waals surface area contributed by atoms with Gasteiger partial charge in [0.2, 0.25) is 11.8 Å². The molecule has 0 aliphatic carbocycles. The number of pyridine rings is 1. The fourth-order valence-corrected chi connectivity index (χ4v) is 3.29. The van der Waals surface area contributed by atoms with E-state index >= 15 is 0 Å². The molecule has 0 spiro atoms. The number of nitrogens with zero attached hydrogens (tertiary/aromatic N) is 2. The minimum atomic E-state index is -0.344. The molecule has 0 atom stereocenters. The molecule has 0 saturated carbocycles. The first-order valence-corrected chi connectivity index (χ1v) is 9.91. The Hall–Kier alpha value is -2.96. The summed E-state index contributed by atoms with van der Waals surface area (Å²) in [7, 11) is 0. The summed E-state index contributed by atoms with van der Waals surface area (Å²) < 4.78 is 18.6. The van der Waals surface area contributed by atoms with Crippen molar-refractivity contribution in [2.45, 2.75) is 32.6 Å². The highest BCUT2D eigenvalue weighted by Crippen LogP contribution is 2.20. The molecule has 1 aromatic heterocycles. The number of aryl methyl sites for hydroxylation is 1. The average molecular weight is 399 g/mol. The van der Waals surface area contributed by atoms with E-state index in [0.717, 1.165) is 5.56 Å². The number of halogens is 1. The summed E-state index contributed by atoms with van der Waals surface area (Å²) in [6.45, 7) is 3.45. The second-order valence-electron chi connectivity index (χ2n) is 7.27. The summed E-state index contributed by atoms with van der Waals surface area (Å²) in [5.74, 6) is 0.579. The quantitative estimate of drug-likeness (QED) is 0.723. The molecule has 0 unspecified atom stereocenters. The van der Waals surface area contributed by atoms with Crippen LogP contribution in [0, 0.1) is 18.7 Å². The number of carbonyl (C=O) groups excluding carboxylic acids is 2. The number of rotatable bonds is 7. The molecule has 1 aromatic carbocycles. The Balaban J connectivity index is 1.35. The predicted molar refractivity (Wildman–Crippen MR) is 108 cm³/mol. The third-order valence-corrected chi connectivity index (χ3v) is 4.98. The Kier molecular flexibility index (Phi) is 7.16. The molecule has 2 aromatic rings. The van der Waals surface area contributed by atoms with Crippen LogP contribution in [0.1, 0.15) is 31.2 Å². The maximum absolute atomic E-state index is 13.1. The number of hydrogen-bond acceptors (Lipinski definition) is 4. The Bertz CT molecular complexity index is 833. The van der Waals surface area contributed by atoms with E-state index < -0.39 is 0 Å². The SMILES string of the molecule is Cc1ccc(NC(=O)C2CCN(C(=O)CCCOc3cccc(F)c3)CC2)nc1. The van der Waals surface area contributed by atoms with Gasteiger partial charge in [-0.15, -0.1) is 0 Å². The molecule has 29 heavy (non-hydrogen) atoms. The molecular weight excluding hydrogens is 373 g/mol. The molecule has 3 rings (SSSR count). The van der Waals surface area contributed by atoms with E-state index in [2.05, 4.69) is 10.3 Å². The number of aromatic nitrogens is 1. The number of piperidine rings is 1. The van der Waals surface area contributed by atoms with Crippen LogP contribution < -0.4 is 10.1 Å². The summed E-state index contributed by atoms with van der Waals surface area (Å²) in [4.78, 5) is 30.8. The lowest BCUT2D eigenvalue weighted by Crippen LogP contribution is -2.41. The first-order valence-electron chi connectivity index (χ1n) is 9.91. The van der Waals surface area contributed by atoms with Gasteiger partial charge in [-0.1, -0.05) is 12.1 Å². The van der Waals surface area contributed by atoms with Crippen molar-refractivity contribution in [2.75, 3.05) is 25.0 Å². The van der Waals surface area contributed by atoms with Gasteiger partial charge in [-0.05, 0) is 49.9 Å². The van der Waals surface area contributed by atoms with E-state index in [4.69, 9.17) is 4.74 Å². The lowest BCUT2D eigenvalue weighted by Gasteiger charge is -2.31. The van der Waals surface area contributed by atoms with Gasteiger partial charge in [-0.25, -0.2) is 9.37 Å². The minimum absolute atomic E-state index is 0.0445. The van der Waals surface area contributed by atoms with Crippen LogP contribution in [0.25, 0.3) is 0 Å². The van der Waals surface area contributed by atoms with Gasteiger partial charge in [0, 0.05) is 37.7 Å². The molecule has 2 amide bonds. The number of carbonyl (C=O) groups is 2. The molecule has 1 fully saturated rings. The zero-order chi connectivity index (χ0) is 20.6. The van der Waals surface area contributed by atoms with Gasteiger partial charge in [0.1, 0.15) is 17.4 Å². The second kappa shape index (κ2) is 10.0. The summed E-state index contributed by atoms with van der Waals surface area (Å²) in [5.41, 5.74) is 1.04. The lowest BCUT2D eigenvalue weighted by molar-refractivity contribution is -0.134. The first-order chi connectivity index (χ1) is 14.0. The van der Waals surface area contributed by atoms with Crippen LogP contribution in [0.15, 0.2) is 42.6 Å². The fraction of sp³-hybridized carbons (Fsp3) is 0.409. The van der Waals surface area contributed by atoms with Crippen LogP contribution in [0.4, 0.5) is 10.2 Å². The number of anilines is 1. The molecule has 1 saturated heterocycles. The van der Waals surface area contributed by atoms with E-state index in [1.165, 1.54) is 12.1 Å². The summed E-state index contributed by atoms with van der Waals surface area (Å²) in [6, 6.07) is 9.65. The van der Waals surface area contributed by atoms with E-state index in [1.54, 1.807) is 29.3 Å². The molecule has 6 nitrogen and oxygen atoms in total. The van der Waals surface area contributed by atoms with Gasteiger partial charge in [-0.3, -0.25) is 9.59 Å². The summed E-state index contributed by atoms with van der Waals surface area (Å²) in [5, 5.41) is 2.85. The van der Waals surface area contributed by atoms with Crippen molar-refractivity contribution >= 4 is 17.6 Å². The number of ether oxygens (including phenoxy) is 1. The van der Waals surface area contributed by atoms with Gasteiger partial charge >= 0.3 is 0 Å². The molecule has 0 radical (unpaired) electrons. The third-order valence-electron chi connectivity index (χ3n) is 4.98. The molecule has 7 heteroatoms. The van der Waals surface area contributed by atoms with E-state index in [9.17, 15) is 14.0 Å². The predicted octanol–water partition coefficient (Wildman–Crippen LogP) is 3.57. The largest absolute Gasteiger partial charge is 0.493 e. The first kappa shape index (κ1) is 20.8. The lowest BCUT2D eigenvalue weighted by atomic mass is 9.95. The Morgan fingerprint density at radius 2 is 2.03 bits per heavy atom. The van der Waals surface area contributed by atoms with Crippen molar-refractivity contribution in [1.82, 2.24) is 9.88 Å². The minimum Gasteiger partial charge on any atom is -0.493 e. The maximum Gasteiger partial charge on any atom is 0.228 e. The van der Waals surface area contributed by atoms with Gasteiger partial charge in [0.15, 0.2) is 0 Å². The third kappa shape index (κ3) is 6.27. The highest BCUT2D eigenvalue weighted by atomic mass is 19.1. The van der Waals surface area contributed by atoms with Crippen molar-refractivity contribution in [2.24, 2.45) is 5.92 Å². The van der Waals surface area contributed by atoms with Crippen molar-refractivity contribution in [1.29, 1.82) is 0 Å². The average Bonchev–Trinajstić information content (AvgIpc) is 2.73. The summed E-state index contributed by atoms with van der Waals surface area (Å²) >= 11 is 0. The molecule has 1 aliphatic heterocycles. The van der Waals surface area contributed by atoms with E-state index in [-0.39, 0.29) is 23.5 Å². The number of hydrogen-bond donors (Lipinski definition) is 1. The van der Waals surface area contributed by atoms with Crippen LogP contribution in [0.5, 0.6) is 5.75 Å². The van der Waals surface area contributed by atoms with Gasteiger partial charge in [0.25, 0.3) is 0 Å². The van der Waals surface area contributed by atoms with Crippen molar-refractivity contribution < 1.29 is 18.7 Å². The van der Waals surface area contributed by atoms with Crippen molar-refractivity contribution in [3.63, 3.8) is 0 Å². The monoisotopic (exact) mass is 399 g/mol. The van der Waals surface area contributed by atoms with Crippen LogP contribution in [0.2, 0.25) is 0 Å². The van der Waals surface area contributed by atoms with Crippen LogP contribution in [0.3, 0.4) is 0 Å². The molecule has 2 heterocycles. The second-order valence-corrected chi connectivity index (χ2v) is 7.27. The summed E-state index contributed by atoms with van der Waals surface area (Å²) in [6.07, 6.45) is 3.94. The maximum atomic E-state index is 13.1. The number of nitrogens with one attached hydrogen (secondary N) is 1. The molecule has 1 aliphatic rings. The molecule has 0 bridgehead atoms. The zero-order valence-corrected chi connectivity index (χ0v) is 16.6. The highest BCUT2D eigenvalue weighted by Gasteiger charge is 2.27. The Morgan fingerprint density at radius 3 is 2.72 bits per heavy atom. The van der Waals surface area contributed by atoms with Gasteiger partial charge < -0.3 is 15.0 Å². The van der Waals surface area contributed by atoms with Crippen molar-refractivity contribution in [3.8, 4) is 5.75 Å². The van der Waals surface area contributed by atoms with Crippen molar-refractivity contribution in [3.05, 3.63) is 54.0 Å². The smallest absolute Gasteiger partial charge is 0.228 e. The van der Waals surface area contributed by atoms with Crippen LogP contribution in [-0.2, 0) is 9.59 Å². The van der Waals surface area contributed by atoms with Gasteiger partial charge in [-0.2, -0.15) is 0 Å². The van der Waals surface area contributed by atoms with Crippen LogP contribution >= 0.6 is 0 Å². The van der Waals surface area contributed by atoms with Crippen LogP contribution in [-0.4, -0.2) is 41.4 Å². The standard InChI is InChI=1S/C22H26FN3O3/c1-16-7-8-20(24-15-16)25-22(28)17-9-11-26(12-10-17)21(27)6-3-13-29-19-5-2-4-18(23)14-19/h2,4-5,7-8,14-15,17H,3,6,9-13H2,1H3,(H,24,25,28). The normalized spacial score (nSPS) is 14.5. The number of benzene rings is 1. The molecular formula is C22H26FN3O3. The Morgan fingerprint density at radius 1 is 1.24 bits per heavy atom. The zero-order valence-electron chi connectivity index (χ0n) is 16.6. The van der Waals surface area contributed by atoms with E-state index in [1.807, 2.05) is 13.0 Å². The molecule has 1 N–H and O–H groups in total. The highest BCUT2D eigenvalue weighted by molar-refractivity contribution is 5.91. The van der Waals surface area contributed by atoms with Gasteiger partial charge in [0.05, 0.1) is 6.61 Å². The number of amides is 2. The number of likely N-dealkylation sites (tertiary alicyclic amines) is 1.